The number of carboxylic acid groups (broad SMARTS) is 1. The Labute approximate surface area is 103 Å². The first-order chi connectivity index (χ1) is 7.85. The second-order valence-electron chi connectivity index (χ2n) is 4.63. The molecule has 0 aromatic rings. The van der Waals surface area contributed by atoms with Crippen LogP contribution in [0.2, 0.25) is 0 Å². The van der Waals surface area contributed by atoms with Crippen molar-refractivity contribution in [2.24, 2.45) is 0 Å². The zero-order valence-corrected chi connectivity index (χ0v) is 11.2. The van der Waals surface area contributed by atoms with Gasteiger partial charge in [0.25, 0.3) is 0 Å². The summed E-state index contributed by atoms with van der Waals surface area (Å²) in [5.74, 6) is -1.26. The molecule has 2 unspecified atom stereocenters. The second-order valence-corrected chi connectivity index (χ2v) is 4.63. The molecule has 1 amide bonds. The number of hydrogen-bond donors (Lipinski definition) is 3. The van der Waals surface area contributed by atoms with Crippen LogP contribution >= 0.6 is 0 Å². The molecule has 0 bridgehead atoms. The highest BCUT2D eigenvalue weighted by atomic mass is 16.4. The summed E-state index contributed by atoms with van der Waals surface area (Å²) in [5.41, 5.74) is -1.16. The SMILES string of the molecule is CCCC(C)(NC(=O)CNC(C)CC)C(=O)O. The van der Waals surface area contributed by atoms with Gasteiger partial charge in [0.15, 0.2) is 0 Å². The number of rotatable bonds is 8. The first-order valence-corrected chi connectivity index (χ1v) is 6.13. The van der Waals surface area contributed by atoms with Gasteiger partial charge in [-0.05, 0) is 26.7 Å². The van der Waals surface area contributed by atoms with Gasteiger partial charge >= 0.3 is 5.97 Å². The van der Waals surface area contributed by atoms with Crippen LogP contribution < -0.4 is 10.6 Å². The predicted octanol–water partition coefficient (Wildman–Crippen LogP) is 1.13. The average molecular weight is 244 g/mol. The van der Waals surface area contributed by atoms with E-state index in [0.29, 0.717) is 12.8 Å². The maximum Gasteiger partial charge on any atom is 0.329 e. The summed E-state index contributed by atoms with van der Waals surface area (Å²) in [6, 6.07) is 0.253. The van der Waals surface area contributed by atoms with Crippen LogP contribution in [-0.2, 0) is 9.59 Å². The second kappa shape index (κ2) is 7.27. The molecule has 5 heteroatoms. The fourth-order valence-corrected chi connectivity index (χ4v) is 1.49. The molecule has 0 aromatic carbocycles. The summed E-state index contributed by atoms with van der Waals surface area (Å²) in [7, 11) is 0. The maximum absolute atomic E-state index is 11.6. The molecule has 17 heavy (non-hydrogen) atoms. The molecule has 0 saturated carbocycles. The minimum atomic E-state index is -1.16. The van der Waals surface area contributed by atoms with E-state index in [2.05, 4.69) is 10.6 Å². The van der Waals surface area contributed by atoms with Crippen molar-refractivity contribution >= 4 is 11.9 Å². The molecule has 0 heterocycles. The monoisotopic (exact) mass is 244 g/mol. The molecule has 2 atom stereocenters. The van der Waals surface area contributed by atoms with Gasteiger partial charge in [-0.2, -0.15) is 0 Å². The van der Waals surface area contributed by atoms with E-state index < -0.39 is 11.5 Å². The molecule has 3 N–H and O–H groups in total. The van der Waals surface area contributed by atoms with Crippen molar-refractivity contribution in [1.82, 2.24) is 10.6 Å². The first kappa shape index (κ1) is 15.9. The minimum absolute atomic E-state index is 0.154. The van der Waals surface area contributed by atoms with Crippen LogP contribution in [0.5, 0.6) is 0 Å². The van der Waals surface area contributed by atoms with Gasteiger partial charge < -0.3 is 15.7 Å². The van der Waals surface area contributed by atoms with Crippen LogP contribution in [-0.4, -0.2) is 35.1 Å². The van der Waals surface area contributed by atoms with Gasteiger partial charge in [-0.3, -0.25) is 4.79 Å². The normalized spacial score (nSPS) is 16.0. The lowest BCUT2D eigenvalue weighted by molar-refractivity contribution is -0.147. The minimum Gasteiger partial charge on any atom is -0.480 e. The number of carbonyl (C=O) groups is 2. The van der Waals surface area contributed by atoms with E-state index in [1.54, 1.807) is 6.92 Å². The number of carbonyl (C=O) groups excluding carboxylic acids is 1. The number of amides is 1. The number of carboxylic acids is 1. The lowest BCUT2D eigenvalue weighted by Gasteiger charge is -2.26. The summed E-state index contributed by atoms with van der Waals surface area (Å²) in [6.45, 7) is 7.59. The summed E-state index contributed by atoms with van der Waals surface area (Å²) in [6.07, 6.45) is 2.07. The molecule has 0 rings (SSSR count). The lowest BCUT2D eigenvalue weighted by Crippen LogP contribution is -2.54. The van der Waals surface area contributed by atoms with Gasteiger partial charge in [-0.1, -0.05) is 20.3 Å². The fraction of sp³-hybridized carbons (Fsp3) is 0.833. The van der Waals surface area contributed by atoms with Crippen LogP contribution in [0.1, 0.15) is 47.0 Å². The Balaban J connectivity index is 4.27. The Bertz CT molecular complexity index is 268. The highest BCUT2D eigenvalue weighted by Gasteiger charge is 2.33. The molecule has 5 nitrogen and oxygen atoms in total. The number of hydrogen-bond acceptors (Lipinski definition) is 3. The highest BCUT2D eigenvalue weighted by molar-refractivity contribution is 5.87. The lowest BCUT2D eigenvalue weighted by atomic mass is 9.96. The van der Waals surface area contributed by atoms with Crippen LogP contribution in [0.3, 0.4) is 0 Å². The highest BCUT2D eigenvalue weighted by Crippen LogP contribution is 2.12. The van der Waals surface area contributed by atoms with Gasteiger partial charge in [0.1, 0.15) is 5.54 Å². The molecule has 0 aliphatic rings. The molecule has 0 spiro atoms. The largest absolute Gasteiger partial charge is 0.480 e. The van der Waals surface area contributed by atoms with Crippen molar-refractivity contribution < 1.29 is 14.7 Å². The van der Waals surface area contributed by atoms with Crippen molar-refractivity contribution in [1.29, 1.82) is 0 Å². The Kier molecular flexibility index (Phi) is 6.80. The molecule has 0 aromatic heterocycles. The third-order valence-corrected chi connectivity index (χ3v) is 2.86. The van der Waals surface area contributed by atoms with Gasteiger partial charge in [0.05, 0.1) is 6.54 Å². The van der Waals surface area contributed by atoms with Gasteiger partial charge in [0.2, 0.25) is 5.91 Å². The van der Waals surface area contributed by atoms with E-state index in [9.17, 15) is 9.59 Å². The van der Waals surface area contributed by atoms with Crippen LogP contribution in [0.25, 0.3) is 0 Å². The van der Waals surface area contributed by atoms with Gasteiger partial charge in [0, 0.05) is 6.04 Å². The molecule has 100 valence electrons. The molecule has 0 aliphatic heterocycles. The third kappa shape index (κ3) is 5.68. The van der Waals surface area contributed by atoms with Crippen molar-refractivity contribution in [3.8, 4) is 0 Å². The molecule has 0 fully saturated rings. The molecule has 0 saturated heterocycles. The smallest absolute Gasteiger partial charge is 0.329 e. The van der Waals surface area contributed by atoms with E-state index in [4.69, 9.17) is 5.11 Å². The van der Waals surface area contributed by atoms with E-state index >= 15 is 0 Å². The van der Waals surface area contributed by atoms with E-state index in [1.165, 1.54) is 0 Å². The Morgan fingerprint density at radius 2 is 1.94 bits per heavy atom. The standard InChI is InChI=1S/C12H24N2O3/c1-5-7-12(4,11(16)17)14-10(15)8-13-9(3)6-2/h9,13H,5-8H2,1-4H3,(H,14,15)(H,16,17). The van der Waals surface area contributed by atoms with E-state index in [-0.39, 0.29) is 18.5 Å². The number of nitrogens with one attached hydrogen (secondary N) is 2. The van der Waals surface area contributed by atoms with Crippen molar-refractivity contribution in [2.45, 2.75) is 58.5 Å². The number of aliphatic carboxylic acids is 1. The molecule has 0 aliphatic carbocycles. The van der Waals surface area contributed by atoms with Crippen LogP contribution in [0, 0.1) is 0 Å². The maximum atomic E-state index is 11.6. The van der Waals surface area contributed by atoms with Gasteiger partial charge in [-0.25, -0.2) is 4.79 Å². The predicted molar refractivity (Wildman–Crippen MR) is 66.8 cm³/mol. The molecular weight excluding hydrogens is 220 g/mol. The Hall–Kier alpha value is -1.10. The zero-order valence-electron chi connectivity index (χ0n) is 11.2. The third-order valence-electron chi connectivity index (χ3n) is 2.86. The van der Waals surface area contributed by atoms with Gasteiger partial charge in [-0.15, -0.1) is 0 Å². The van der Waals surface area contributed by atoms with Crippen LogP contribution in [0.4, 0.5) is 0 Å². The van der Waals surface area contributed by atoms with Crippen molar-refractivity contribution in [3.63, 3.8) is 0 Å². The topological polar surface area (TPSA) is 78.4 Å². The zero-order chi connectivity index (χ0) is 13.5. The summed E-state index contributed by atoms with van der Waals surface area (Å²) >= 11 is 0. The van der Waals surface area contributed by atoms with Crippen LogP contribution in [0.15, 0.2) is 0 Å². The summed E-state index contributed by atoms with van der Waals surface area (Å²) < 4.78 is 0. The molecular formula is C12H24N2O3. The first-order valence-electron chi connectivity index (χ1n) is 6.13. The van der Waals surface area contributed by atoms with E-state index in [0.717, 1.165) is 6.42 Å². The summed E-state index contributed by atoms with van der Waals surface area (Å²) in [4.78, 5) is 22.7. The van der Waals surface area contributed by atoms with Crippen molar-refractivity contribution in [2.75, 3.05) is 6.54 Å². The molecule has 0 radical (unpaired) electrons. The Morgan fingerprint density at radius 3 is 2.35 bits per heavy atom. The quantitative estimate of drug-likeness (QED) is 0.598. The fourth-order valence-electron chi connectivity index (χ4n) is 1.49. The Morgan fingerprint density at radius 1 is 1.35 bits per heavy atom. The van der Waals surface area contributed by atoms with E-state index in [1.807, 2.05) is 20.8 Å². The average Bonchev–Trinajstić information content (AvgIpc) is 2.25. The summed E-state index contributed by atoms with van der Waals surface area (Å²) in [5, 5.41) is 14.7. The van der Waals surface area contributed by atoms with Crippen molar-refractivity contribution in [3.05, 3.63) is 0 Å².